The molecule has 0 radical (unpaired) electrons. The molecule has 0 saturated carbocycles. The Labute approximate surface area is 116 Å². The van der Waals surface area contributed by atoms with Crippen LogP contribution >= 0.6 is 11.3 Å². The van der Waals surface area contributed by atoms with Crippen LogP contribution in [0.1, 0.15) is 21.8 Å². The number of carbonyl (C=O) groups is 1. The minimum Gasteiger partial charge on any atom is -0.464 e. The van der Waals surface area contributed by atoms with Crippen molar-refractivity contribution in [3.05, 3.63) is 10.6 Å². The molecule has 0 bridgehead atoms. The fourth-order valence-corrected chi connectivity index (χ4v) is 2.75. The van der Waals surface area contributed by atoms with Gasteiger partial charge in [-0.3, -0.25) is 0 Å². The lowest BCUT2D eigenvalue weighted by Gasteiger charge is -2.25. The first kappa shape index (κ1) is 14.2. The van der Waals surface area contributed by atoms with Crippen LogP contribution in [0.15, 0.2) is 0 Å². The van der Waals surface area contributed by atoms with Crippen LogP contribution in [0.5, 0.6) is 0 Å². The molecule has 2 heterocycles. The van der Waals surface area contributed by atoms with E-state index in [1.807, 2.05) is 6.92 Å². The van der Waals surface area contributed by atoms with E-state index in [0.29, 0.717) is 30.6 Å². The second-order valence-electron chi connectivity index (χ2n) is 4.46. The minimum atomic E-state index is -0.410. The van der Waals surface area contributed by atoms with E-state index in [1.54, 1.807) is 7.11 Å². The second kappa shape index (κ2) is 5.85. The zero-order chi connectivity index (χ0) is 13.9. The number of thiazole rings is 1. The molecule has 1 aromatic rings. The predicted octanol–water partition coefficient (Wildman–Crippen LogP) is 1.46. The molecule has 0 aliphatic carbocycles. The first-order valence-corrected chi connectivity index (χ1v) is 6.84. The van der Waals surface area contributed by atoms with Gasteiger partial charge in [0.1, 0.15) is 5.60 Å². The van der Waals surface area contributed by atoms with E-state index in [0.717, 1.165) is 11.3 Å². The smallest absolute Gasteiger partial charge is 0.357 e. The summed E-state index contributed by atoms with van der Waals surface area (Å²) in [6, 6.07) is 0. The Kier molecular flexibility index (Phi) is 4.38. The molecule has 0 amide bonds. The Bertz CT molecular complexity index is 455. The molecule has 6 nitrogen and oxygen atoms in total. The molecular formula is C12H18N2O4S. The lowest BCUT2D eigenvalue weighted by molar-refractivity contribution is -0.00620. The summed E-state index contributed by atoms with van der Waals surface area (Å²) in [5.74, 6) is -0.410. The van der Waals surface area contributed by atoms with Gasteiger partial charge in [0, 0.05) is 31.6 Å². The third-order valence-corrected chi connectivity index (χ3v) is 4.17. The number of anilines is 1. The number of nitrogens with one attached hydrogen (secondary N) is 1. The maximum absolute atomic E-state index is 11.5. The number of hydrogen-bond donors (Lipinski definition) is 1. The molecule has 0 aromatic carbocycles. The van der Waals surface area contributed by atoms with Gasteiger partial charge in [0.05, 0.1) is 13.7 Å². The lowest BCUT2D eigenvalue weighted by Crippen LogP contribution is -2.39. The van der Waals surface area contributed by atoms with E-state index >= 15 is 0 Å². The third-order valence-electron chi connectivity index (χ3n) is 3.24. The van der Waals surface area contributed by atoms with Crippen molar-refractivity contribution in [2.24, 2.45) is 0 Å². The van der Waals surface area contributed by atoms with Crippen molar-refractivity contribution in [3.63, 3.8) is 0 Å². The van der Waals surface area contributed by atoms with E-state index < -0.39 is 5.97 Å². The van der Waals surface area contributed by atoms with E-state index in [-0.39, 0.29) is 5.60 Å². The molecular weight excluding hydrogens is 268 g/mol. The average Bonchev–Trinajstić information content (AvgIpc) is 3.03. The maximum Gasteiger partial charge on any atom is 0.357 e. The Morgan fingerprint density at radius 1 is 1.58 bits per heavy atom. The van der Waals surface area contributed by atoms with Crippen molar-refractivity contribution in [2.75, 3.05) is 39.3 Å². The van der Waals surface area contributed by atoms with E-state index in [4.69, 9.17) is 9.47 Å². The first-order valence-electron chi connectivity index (χ1n) is 6.03. The van der Waals surface area contributed by atoms with Crippen LogP contribution in [0.4, 0.5) is 5.13 Å². The van der Waals surface area contributed by atoms with Gasteiger partial charge in [-0.2, -0.15) is 0 Å². The van der Waals surface area contributed by atoms with E-state index in [1.165, 1.54) is 18.4 Å². The maximum atomic E-state index is 11.5. The van der Waals surface area contributed by atoms with Crippen LogP contribution in [0, 0.1) is 6.92 Å². The van der Waals surface area contributed by atoms with Gasteiger partial charge in [0.2, 0.25) is 0 Å². The predicted molar refractivity (Wildman–Crippen MR) is 71.9 cm³/mol. The number of carbonyl (C=O) groups excluding carboxylic acids is 1. The molecule has 0 spiro atoms. The monoisotopic (exact) mass is 286 g/mol. The molecule has 1 unspecified atom stereocenters. The molecule has 1 atom stereocenters. The molecule has 1 aromatic heterocycles. The summed E-state index contributed by atoms with van der Waals surface area (Å²) >= 11 is 1.43. The fraction of sp³-hybridized carbons (Fsp3) is 0.667. The van der Waals surface area contributed by atoms with Crippen LogP contribution in [0.2, 0.25) is 0 Å². The summed E-state index contributed by atoms with van der Waals surface area (Å²) < 4.78 is 15.6. The number of aryl methyl sites for hydroxylation is 1. The van der Waals surface area contributed by atoms with Gasteiger partial charge >= 0.3 is 5.97 Å². The zero-order valence-electron chi connectivity index (χ0n) is 11.3. The highest BCUT2D eigenvalue weighted by Crippen LogP contribution is 2.26. The third kappa shape index (κ3) is 3.05. The van der Waals surface area contributed by atoms with E-state index in [9.17, 15) is 4.79 Å². The zero-order valence-corrected chi connectivity index (χ0v) is 12.1. The summed E-state index contributed by atoms with van der Waals surface area (Å²) in [7, 11) is 3.04. The van der Waals surface area contributed by atoms with Crippen molar-refractivity contribution in [1.82, 2.24) is 4.98 Å². The number of esters is 1. The van der Waals surface area contributed by atoms with Crippen molar-refractivity contribution < 1.29 is 19.0 Å². The molecule has 7 heteroatoms. The summed E-state index contributed by atoms with van der Waals surface area (Å²) in [5.41, 5.74) is 0.0644. The van der Waals surface area contributed by atoms with Crippen LogP contribution in [0.3, 0.4) is 0 Å². The fourth-order valence-electron chi connectivity index (χ4n) is 1.96. The number of rotatable bonds is 5. The van der Waals surface area contributed by atoms with Gasteiger partial charge in [-0.25, -0.2) is 9.78 Å². The number of aromatic nitrogens is 1. The number of nitrogens with zero attached hydrogens (tertiary/aromatic N) is 1. The lowest BCUT2D eigenvalue weighted by atomic mass is 10.0. The minimum absolute atomic E-state index is 0.301. The van der Waals surface area contributed by atoms with Crippen molar-refractivity contribution in [1.29, 1.82) is 0 Å². The molecule has 2 rings (SSSR count). The largest absolute Gasteiger partial charge is 0.464 e. The molecule has 1 aliphatic heterocycles. The Hall–Kier alpha value is -1.18. The SMILES string of the molecule is COC(=O)c1nc(NCC2(OC)CCOC2)sc1C. The topological polar surface area (TPSA) is 69.7 Å². The highest BCUT2D eigenvalue weighted by Gasteiger charge is 2.35. The summed E-state index contributed by atoms with van der Waals surface area (Å²) in [5, 5.41) is 3.91. The normalized spacial score (nSPS) is 22.5. The Balaban J connectivity index is 2.02. The van der Waals surface area contributed by atoms with Crippen molar-refractivity contribution >= 4 is 22.4 Å². The standard InChI is InChI=1S/C12H18N2O4S/c1-8-9(10(15)16-2)14-11(19-8)13-6-12(17-3)4-5-18-7-12/h4-7H2,1-3H3,(H,13,14). The highest BCUT2D eigenvalue weighted by atomic mass is 32.1. The average molecular weight is 286 g/mol. The van der Waals surface area contributed by atoms with Gasteiger partial charge < -0.3 is 19.5 Å². The van der Waals surface area contributed by atoms with Gasteiger partial charge in [-0.05, 0) is 6.92 Å². The summed E-state index contributed by atoms with van der Waals surface area (Å²) in [6.45, 7) is 3.74. The van der Waals surface area contributed by atoms with Crippen molar-refractivity contribution in [2.45, 2.75) is 18.9 Å². The number of hydrogen-bond acceptors (Lipinski definition) is 7. The molecule has 1 aliphatic rings. The Morgan fingerprint density at radius 2 is 2.37 bits per heavy atom. The van der Waals surface area contributed by atoms with Gasteiger partial charge in [-0.15, -0.1) is 11.3 Å². The molecule has 106 valence electrons. The highest BCUT2D eigenvalue weighted by molar-refractivity contribution is 7.15. The van der Waals surface area contributed by atoms with Crippen LogP contribution in [-0.4, -0.2) is 50.5 Å². The molecule has 1 fully saturated rings. The van der Waals surface area contributed by atoms with Gasteiger partial charge in [-0.1, -0.05) is 0 Å². The summed E-state index contributed by atoms with van der Waals surface area (Å²) in [4.78, 5) is 16.6. The van der Waals surface area contributed by atoms with E-state index in [2.05, 4.69) is 15.0 Å². The molecule has 19 heavy (non-hydrogen) atoms. The first-order chi connectivity index (χ1) is 9.10. The van der Waals surface area contributed by atoms with Crippen LogP contribution in [-0.2, 0) is 14.2 Å². The van der Waals surface area contributed by atoms with Crippen molar-refractivity contribution in [3.8, 4) is 0 Å². The Morgan fingerprint density at radius 3 is 2.95 bits per heavy atom. The van der Waals surface area contributed by atoms with Crippen LogP contribution in [0.25, 0.3) is 0 Å². The number of ether oxygens (including phenoxy) is 3. The van der Waals surface area contributed by atoms with Gasteiger partial charge in [0.15, 0.2) is 10.8 Å². The van der Waals surface area contributed by atoms with Crippen LogP contribution < -0.4 is 5.32 Å². The second-order valence-corrected chi connectivity index (χ2v) is 5.66. The summed E-state index contributed by atoms with van der Waals surface area (Å²) in [6.07, 6.45) is 0.852. The number of methoxy groups -OCH3 is 2. The molecule has 1 N–H and O–H groups in total. The quantitative estimate of drug-likeness (QED) is 0.826. The van der Waals surface area contributed by atoms with Gasteiger partial charge in [0.25, 0.3) is 0 Å². The molecule has 1 saturated heterocycles.